The van der Waals surface area contributed by atoms with Crippen LogP contribution in [0.4, 0.5) is 10.7 Å². The van der Waals surface area contributed by atoms with Crippen molar-refractivity contribution in [1.82, 2.24) is 0 Å². The molecule has 0 spiro atoms. The normalized spacial score (nSPS) is 10.7. The predicted molar refractivity (Wildman–Crippen MR) is 118 cm³/mol. The maximum atomic E-state index is 12.3. The number of thiophene rings is 1. The molecule has 162 valence electrons. The first-order valence-corrected chi connectivity index (χ1v) is 10.2. The van der Waals surface area contributed by atoms with Gasteiger partial charge in [-0.2, -0.15) is 5.26 Å². The van der Waals surface area contributed by atoms with E-state index >= 15 is 0 Å². The van der Waals surface area contributed by atoms with E-state index in [1.165, 1.54) is 18.2 Å². The van der Waals surface area contributed by atoms with Gasteiger partial charge in [0.05, 0.1) is 22.7 Å². The number of ether oxygens (including phenoxy) is 1. The Hall–Kier alpha value is -4.23. The van der Waals surface area contributed by atoms with Crippen LogP contribution in [0.2, 0.25) is 0 Å². The number of benzene rings is 1. The first kappa shape index (κ1) is 22.5. The second-order valence-electron chi connectivity index (χ2n) is 6.39. The Bertz CT molecular complexity index is 1260. The lowest BCUT2D eigenvalue weighted by Gasteiger charge is -1.99. The van der Waals surface area contributed by atoms with Crippen LogP contribution < -0.4 is 5.32 Å². The number of nitriles is 1. The monoisotopic (exact) mass is 451 g/mol. The Morgan fingerprint density at radius 3 is 2.75 bits per heavy atom. The number of para-hydroxylation sites is 1. The number of rotatable bonds is 7. The molecule has 0 saturated carbocycles. The van der Waals surface area contributed by atoms with Crippen molar-refractivity contribution in [1.29, 1.82) is 5.26 Å². The molecule has 0 bridgehead atoms. The molecule has 0 radical (unpaired) electrons. The van der Waals surface area contributed by atoms with E-state index in [4.69, 9.17) is 9.15 Å². The number of hydrogen-bond acceptors (Lipinski definition) is 8. The number of amides is 1. The number of carbonyl (C=O) groups excluding carboxylic acids is 2. The fraction of sp³-hybridized carbons (Fsp3) is 0.136. The molecule has 0 aliphatic heterocycles. The fourth-order valence-corrected chi connectivity index (χ4v) is 3.92. The maximum absolute atomic E-state index is 12.3. The molecular weight excluding hydrogens is 434 g/mol. The number of anilines is 1. The second kappa shape index (κ2) is 9.72. The van der Waals surface area contributed by atoms with E-state index < -0.39 is 16.8 Å². The first-order valence-electron chi connectivity index (χ1n) is 9.39. The SMILES string of the molecule is CCOC(=O)c1sc(NC(=O)/C=C/c2ccc(-c3ccccc3[N+](=O)[O-])o2)c(C#N)c1C. The van der Waals surface area contributed by atoms with E-state index in [0.29, 0.717) is 16.9 Å². The van der Waals surface area contributed by atoms with Crippen LogP contribution in [-0.4, -0.2) is 23.4 Å². The molecule has 3 aromatic rings. The largest absolute Gasteiger partial charge is 0.462 e. The molecule has 0 saturated heterocycles. The molecule has 1 aromatic carbocycles. The van der Waals surface area contributed by atoms with E-state index in [0.717, 1.165) is 11.3 Å². The number of carbonyl (C=O) groups is 2. The Labute approximate surface area is 186 Å². The molecule has 2 heterocycles. The average molecular weight is 451 g/mol. The van der Waals surface area contributed by atoms with Gasteiger partial charge in [-0.1, -0.05) is 12.1 Å². The van der Waals surface area contributed by atoms with Gasteiger partial charge in [-0.15, -0.1) is 11.3 Å². The lowest BCUT2D eigenvalue weighted by atomic mass is 10.1. The van der Waals surface area contributed by atoms with Crippen LogP contribution >= 0.6 is 11.3 Å². The minimum absolute atomic E-state index is 0.0929. The fourth-order valence-electron chi connectivity index (χ4n) is 2.87. The summed E-state index contributed by atoms with van der Waals surface area (Å²) in [6.07, 6.45) is 2.59. The molecule has 3 rings (SSSR count). The zero-order chi connectivity index (χ0) is 23.3. The summed E-state index contributed by atoms with van der Waals surface area (Å²) >= 11 is 0.964. The highest BCUT2D eigenvalue weighted by Gasteiger charge is 2.22. The van der Waals surface area contributed by atoms with E-state index in [1.807, 2.05) is 6.07 Å². The molecule has 0 fully saturated rings. The molecule has 10 heteroatoms. The molecule has 2 aromatic heterocycles. The summed E-state index contributed by atoms with van der Waals surface area (Å²) in [5.74, 6) is -0.497. The summed E-state index contributed by atoms with van der Waals surface area (Å²) in [4.78, 5) is 35.3. The minimum Gasteiger partial charge on any atom is -0.462 e. The van der Waals surface area contributed by atoms with Crippen molar-refractivity contribution in [2.75, 3.05) is 11.9 Å². The van der Waals surface area contributed by atoms with E-state index in [9.17, 15) is 25.0 Å². The van der Waals surface area contributed by atoms with Gasteiger partial charge >= 0.3 is 5.97 Å². The topological polar surface area (TPSA) is 135 Å². The van der Waals surface area contributed by atoms with Crippen molar-refractivity contribution in [2.45, 2.75) is 13.8 Å². The molecule has 0 unspecified atom stereocenters. The number of nitro groups is 1. The van der Waals surface area contributed by atoms with Gasteiger partial charge in [0.2, 0.25) is 5.91 Å². The molecular formula is C22H17N3O6S. The lowest BCUT2D eigenvalue weighted by molar-refractivity contribution is -0.384. The molecule has 0 aliphatic carbocycles. The first-order chi connectivity index (χ1) is 15.3. The van der Waals surface area contributed by atoms with Crippen LogP contribution in [0.5, 0.6) is 0 Å². The lowest BCUT2D eigenvalue weighted by Crippen LogP contribution is -2.07. The summed E-state index contributed by atoms with van der Waals surface area (Å²) in [5.41, 5.74) is 0.859. The van der Waals surface area contributed by atoms with Crippen LogP contribution in [0, 0.1) is 28.4 Å². The predicted octanol–water partition coefficient (Wildman–Crippen LogP) is 4.93. The van der Waals surface area contributed by atoms with Crippen LogP contribution in [0.1, 0.15) is 33.5 Å². The van der Waals surface area contributed by atoms with E-state index in [2.05, 4.69) is 5.32 Å². The van der Waals surface area contributed by atoms with Crippen molar-refractivity contribution in [3.8, 4) is 17.4 Å². The molecule has 9 nitrogen and oxygen atoms in total. The number of hydrogen-bond donors (Lipinski definition) is 1. The summed E-state index contributed by atoms with van der Waals surface area (Å²) in [6, 6.07) is 11.3. The van der Waals surface area contributed by atoms with Crippen molar-refractivity contribution in [2.24, 2.45) is 0 Å². The maximum Gasteiger partial charge on any atom is 0.348 e. The van der Waals surface area contributed by atoms with Crippen molar-refractivity contribution in [3.63, 3.8) is 0 Å². The number of esters is 1. The van der Waals surface area contributed by atoms with E-state index in [-0.39, 0.29) is 33.5 Å². The Kier molecular flexibility index (Phi) is 6.82. The van der Waals surface area contributed by atoms with Gasteiger partial charge in [0.15, 0.2) is 0 Å². The minimum atomic E-state index is -0.555. The number of nitrogens with zero attached hydrogens (tertiary/aromatic N) is 2. The standard InChI is InChI=1S/C22H17N3O6S/c1-3-30-22(27)20-13(2)16(12-23)21(32-20)24-19(26)11-9-14-8-10-18(31-14)15-6-4-5-7-17(15)25(28)29/h4-11H,3H2,1-2H3,(H,24,26)/b11-9+. The van der Waals surface area contributed by atoms with Crippen molar-refractivity contribution < 1.29 is 23.7 Å². The Morgan fingerprint density at radius 1 is 1.31 bits per heavy atom. The molecule has 32 heavy (non-hydrogen) atoms. The molecule has 1 amide bonds. The van der Waals surface area contributed by atoms with Gasteiger partial charge in [-0.3, -0.25) is 14.9 Å². The zero-order valence-corrected chi connectivity index (χ0v) is 17.9. The quantitative estimate of drug-likeness (QED) is 0.233. The third kappa shape index (κ3) is 4.74. The highest BCUT2D eigenvalue weighted by molar-refractivity contribution is 7.18. The van der Waals surface area contributed by atoms with Crippen LogP contribution in [0.25, 0.3) is 17.4 Å². The number of furan rings is 1. The zero-order valence-electron chi connectivity index (χ0n) is 17.1. The van der Waals surface area contributed by atoms with Gasteiger partial charge in [-0.05, 0) is 43.7 Å². The third-order valence-corrected chi connectivity index (χ3v) is 5.54. The average Bonchev–Trinajstić information content (AvgIpc) is 3.36. The van der Waals surface area contributed by atoms with Crippen molar-refractivity contribution in [3.05, 3.63) is 74.4 Å². The van der Waals surface area contributed by atoms with Gasteiger partial charge in [0.1, 0.15) is 27.5 Å². The summed E-state index contributed by atoms with van der Waals surface area (Å²) in [7, 11) is 0. The Morgan fingerprint density at radius 2 is 2.06 bits per heavy atom. The number of nitro benzene ring substituents is 1. The van der Waals surface area contributed by atoms with Gasteiger partial charge in [0, 0.05) is 12.1 Å². The summed E-state index contributed by atoms with van der Waals surface area (Å²) in [5, 5.41) is 23.4. The smallest absolute Gasteiger partial charge is 0.348 e. The second-order valence-corrected chi connectivity index (χ2v) is 7.41. The summed E-state index contributed by atoms with van der Waals surface area (Å²) in [6.45, 7) is 3.48. The van der Waals surface area contributed by atoms with Crippen LogP contribution in [-0.2, 0) is 9.53 Å². The van der Waals surface area contributed by atoms with Crippen LogP contribution in [0.3, 0.4) is 0 Å². The van der Waals surface area contributed by atoms with Crippen LogP contribution in [0.15, 0.2) is 46.9 Å². The molecule has 1 N–H and O–H groups in total. The van der Waals surface area contributed by atoms with E-state index in [1.54, 1.807) is 44.2 Å². The highest BCUT2D eigenvalue weighted by Crippen LogP contribution is 2.33. The Balaban J connectivity index is 1.77. The van der Waals surface area contributed by atoms with Gasteiger partial charge in [0.25, 0.3) is 5.69 Å². The summed E-state index contributed by atoms with van der Waals surface area (Å²) < 4.78 is 10.6. The highest BCUT2D eigenvalue weighted by atomic mass is 32.1. The van der Waals surface area contributed by atoms with Crippen molar-refractivity contribution >= 4 is 40.0 Å². The van der Waals surface area contributed by atoms with Gasteiger partial charge in [-0.25, -0.2) is 4.79 Å². The van der Waals surface area contributed by atoms with Gasteiger partial charge < -0.3 is 14.5 Å². The third-order valence-electron chi connectivity index (χ3n) is 4.35. The number of nitrogens with one attached hydrogen (secondary N) is 1. The molecule has 0 aliphatic rings. The molecule has 0 atom stereocenters.